The van der Waals surface area contributed by atoms with Gasteiger partial charge in [0.25, 0.3) is 5.91 Å². The number of hydrogen-bond acceptors (Lipinski definition) is 3. The predicted molar refractivity (Wildman–Crippen MR) is 81.2 cm³/mol. The third kappa shape index (κ3) is 3.51. The molecule has 0 heterocycles. The molecule has 1 aliphatic rings. The SMILES string of the molecule is CCNc1ccc(C(=O)NC2CCC(OC)C2)cc1C. The van der Waals surface area contributed by atoms with Crippen LogP contribution in [-0.4, -0.2) is 31.7 Å². The molecule has 0 aliphatic heterocycles. The topological polar surface area (TPSA) is 50.4 Å². The molecule has 4 nitrogen and oxygen atoms in total. The number of hydrogen-bond donors (Lipinski definition) is 2. The third-order valence-corrected chi connectivity index (χ3v) is 3.91. The molecular weight excluding hydrogens is 252 g/mol. The number of ether oxygens (including phenoxy) is 1. The van der Waals surface area contributed by atoms with Crippen molar-refractivity contribution in [1.29, 1.82) is 0 Å². The summed E-state index contributed by atoms with van der Waals surface area (Å²) < 4.78 is 5.33. The Kier molecular flexibility index (Phi) is 5.01. The Morgan fingerprint density at radius 2 is 2.20 bits per heavy atom. The molecule has 2 N–H and O–H groups in total. The van der Waals surface area contributed by atoms with Crippen LogP contribution in [0.15, 0.2) is 18.2 Å². The van der Waals surface area contributed by atoms with Crippen LogP contribution in [-0.2, 0) is 4.74 Å². The van der Waals surface area contributed by atoms with Crippen LogP contribution >= 0.6 is 0 Å². The zero-order chi connectivity index (χ0) is 14.5. The summed E-state index contributed by atoms with van der Waals surface area (Å²) in [5, 5.41) is 6.38. The number of rotatable bonds is 5. The van der Waals surface area contributed by atoms with Crippen molar-refractivity contribution in [3.8, 4) is 0 Å². The van der Waals surface area contributed by atoms with E-state index in [-0.39, 0.29) is 18.1 Å². The molecular formula is C16H24N2O2. The molecule has 0 saturated heterocycles. The molecule has 20 heavy (non-hydrogen) atoms. The third-order valence-electron chi connectivity index (χ3n) is 3.91. The van der Waals surface area contributed by atoms with Gasteiger partial charge in [-0.15, -0.1) is 0 Å². The van der Waals surface area contributed by atoms with Crippen LogP contribution in [0, 0.1) is 6.92 Å². The molecule has 1 aromatic carbocycles. The highest BCUT2D eigenvalue weighted by Gasteiger charge is 2.25. The van der Waals surface area contributed by atoms with Gasteiger partial charge >= 0.3 is 0 Å². The van der Waals surface area contributed by atoms with E-state index in [9.17, 15) is 4.79 Å². The number of amides is 1. The van der Waals surface area contributed by atoms with Crippen LogP contribution in [0.1, 0.15) is 42.1 Å². The molecule has 4 heteroatoms. The number of anilines is 1. The Bertz CT molecular complexity index is 474. The van der Waals surface area contributed by atoms with Gasteiger partial charge in [-0.3, -0.25) is 4.79 Å². The zero-order valence-electron chi connectivity index (χ0n) is 12.5. The molecule has 1 aromatic rings. The van der Waals surface area contributed by atoms with E-state index in [1.165, 1.54) is 0 Å². The molecule has 0 bridgehead atoms. The van der Waals surface area contributed by atoms with Crippen LogP contribution in [0.25, 0.3) is 0 Å². The fourth-order valence-corrected chi connectivity index (χ4v) is 2.75. The Morgan fingerprint density at radius 1 is 1.40 bits per heavy atom. The van der Waals surface area contributed by atoms with E-state index >= 15 is 0 Å². The number of methoxy groups -OCH3 is 1. The van der Waals surface area contributed by atoms with Crippen molar-refractivity contribution < 1.29 is 9.53 Å². The molecule has 2 atom stereocenters. The van der Waals surface area contributed by atoms with Gasteiger partial charge in [0.2, 0.25) is 0 Å². The Balaban J connectivity index is 1.97. The smallest absolute Gasteiger partial charge is 0.251 e. The van der Waals surface area contributed by atoms with Crippen molar-refractivity contribution in [2.24, 2.45) is 0 Å². The lowest BCUT2D eigenvalue weighted by Crippen LogP contribution is -2.33. The van der Waals surface area contributed by atoms with Crippen molar-refractivity contribution in [1.82, 2.24) is 5.32 Å². The molecule has 1 amide bonds. The van der Waals surface area contributed by atoms with Gasteiger partial charge in [-0.1, -0.05) is 0 Å². The van der Waals surface area contributed by atoms with Gasteiger partial charge in [0.15, 0.2) is 0 Å². The second kappa shape index (κ2) is 6.75. The highest BCUT2D eigenvalue weighted by atomic mass is 16.5. The molecule has 110 valence electrons. The fourth-order valence-electron chi connectivity index (χ4n) is 2.75. The van der Waals surface area contributed by atoms with E-state index in [0.29, 0.717) is 0 Å². The molecule has 0 spiro atoms. The summed E-state index contributed by atoms with van der Waals surface area (Å²) in [5.41, 5.74) is 2.91. The van der Waals surface area contributed by atoms with E-state index in [1.54, 1.807) is 7.11 Å². The number of nitrogens with one attached hydrogen (secondary N) is 2. The lowest BCUT2D eigenvalue weighted by Gasteiger charge is -2.14. The lowest BCUT2D eigenvalue weighted by atomic mass is 10.1. The van der Waals surface area contributed by atoms with Gasteiger partial charge in [-0.05, 0) is 56.9 Å². The van der Waals surface area contributed by atoms with E-state index < -0.39 is 0 Å². The van der Waals surface area contributed by atoms with Gasteiger partial charge in [-0.25, -0.2) is 0 Å². The molecule has 0 radical (unpaired) electrons. The second-order valence-electron chi connectivity index (χ2n) is 5.40. The average Bonchev–Trinajstić information content (AvgIpc) is 2.89. The van der Waals surface area contributed by atoms with Crippen molar-refractivity contribution in [2.45, 2.75) is 45.3 Å². The van der Waals surface area contributed by atoms with Gasteiger partial charge < -0.3 is 15.4 Å². The van der Waals surface area contributed by atoms with Crippen LogP contribution in [0.2, 0.25) is 0 Å². The molecule has 1 aliphatic carbocycles. The molecule has 2 rings (SSSR count). The van der Waals surface area contributed by atoms with Crippen LogP contribution < -0.4 is 10.6 Å². The molecule has 1 fully saturated rings. The summed E-state index contributed by atoms with van der Waals surface area (Å²) in [6.45, 7) is 4.96. The highest BCUT2D eigenvalue weighted by Crippen LogP contribution is 2.22. The largest absolute Gasteiger partial charge is 0.385 e. The number of carbonyl (C=O) groups is 1. The van der Waals surface area contributed by atoms with E-state index in [1.807, 2.05) is 25.1 Å². The fraction of sp³-hybridized carbons (Fsp3) is 0.562. The summed E-state index contributed by atoms with van der Waals surface area (Å²) >= 11 is 0. The zero-order valence-corrected chi connectivity index (χ0v) is 12.5. The summed E-state index contributed by atoms with van der Waals surface area (Å²) in [6.07, 6.45) is 3.23. The first kappa shape index (κ1) is 14.9. The first-order valence-electron chi connectivity index (χ1n) is 7.32. The van der Waals surface area contributed by atoms with Crippen molar-refractivity contribution in [3.05, 3.63) is 29.3 Å². The van der Waals surface area contributed by atoms with Gasteiger partial charge in [0.05, 0.1) is 6.10 Å². The summed E-state index contributed by atoms with van der Waals surface area (Å²) in [4.78, 5) is 12.2. The first-order chi connectivity index (χ1) is 9.63. The van der Waals surface area contributed by atoms with Crippen molar-refractivity contribution in [3.63, 3.8) is 0 Å². The minimum atomic E-state index is 0.0119. The first-order valence-corrected chi connectivity index (χ1v) is 7.32. The minimum Gasteiger partial charge on any atom is -0.385 e. The molecule has 0 aromatic heterocycles. The predicted octanol–water partition coefficient (Wildman–Crippen LogP) is 2.72. The maximum Gasteiger partial charge on any atom is 0.251 e. The molecule has 2 unspecified atom stereocenters. The maximum absolute atomic E-state index is 12.2. The Hall–Kier alpha value is -1.55. The Labute approximate surface area is 120 Å². The lowest BCUT2D eigenvalue weighted by molar-refractivity contribution is 0.0915. The van der Waals surface area contributed by atoms with E-state index in [0.717, 1.165) is 42.6 Å². The van der Waals surface area contributed by atoms with E-state index in [4.69, 9.17) is 4.74 Å². The van der Waals surface area contributed by atoms with E-state index in [2.05, 4.69) is 17.6 Å². The van der Waals surface area contributed by atoms with Crippen molar-refractivity contribution >= 4 is 11.6 Å². The number of benzene rings is 1. The minimum absolute atomic E-state index is 0.0119. The average molecular weight is 276 g/mol. The van der Waals surface area contributed by atoms with Crippen LogP contribution in [0.4, 0.5) is 5.69 Å². The standard InChI is InChI=1S/C16H24N2O2/c1-4-17-15-8-5-12(9-11(15)2)16(19)18-13-6-7-14(10-13)20-3/h5,8-9,13-14,17H,4,6-7,10H2,1-3H3,(H,18,19). The second-order valence-corrected chi connectivity index (χ2v) is 5.40. The normalized spacial score (nSPS) is 21.8. The van der Waals surface area contributed by atoms with Gasteiger partial charge in [-0.2, -0.15) is 0 Å². The summed E-state index contributed by atoms with van der Waals surface area (Å²) in [5.74, 6) is 0.0119. The quantitative estimate of drug-likeness (QED) is 0.869. The highest BCUT2D eigenvalue weighted by molar-refractivity contribution is 5.95. The van der Waals surface area contributed by atoms with Gasteiger partial charge in [0, 0.05) is 30.9 Å². The monoisotopic (exact) mass is 276 g/mol. The van der Waals surface area contributed by atoms with Crippen LogP contribution in [0.3, 0.4) is 0 Å². The molecule has 1 saturated carbocycles. The van der Waals surface area contributed by atoms with Crippen LogP contribution in [0.5, 0.6) is 0 Å². The summed E-state index contributed by atoms with van der Waals surface area (Å²) in [6, 6.07) is 6.03. The maximum atomic E-state index is 12.2. The number of aryl methyl sites for hydroxylation is 1. The Morgan fingerprint density at radius 3 is 2.80 bits per heavy atom. The van der Waals surface area contributed by atoms with Gasteiger partial charge in [0.1, 0.15) is 0 Å². The summed E-state index contributed by atoms with van der Waals surface area (Å²) in [7, 11) is 1.73. The van der Waals surface area contributed by atoms with Crippen molar-refractivity contribution in [2.75, 3.05) is 19.0 Å². The number of carbonyl (C=O) groups excluding carboxylic acids is 1.